The minimum Gasteiger partial charge on any atom is -0.356 e. The fourth-order valence-corrected chi connectivity index (χ4v) is 4.19. The van der Waals surface area contributed by atoms with Crippen LogP contribution in [0.25, 0.3) is 0 Å². The van der Waals surface area contributed by atoms with Crippen molar-refractivity contribution in [2.45, 2.75) is 38.0 Å². The minimum absolute atomic E-state index is 0.0357. The van der Waals surface area contributed by atoms with Gasteiger partial charge in [-0.05, 0) is 37.3 Å². The van der Waals surface area contributed by atoms with Crippen molar-refractivity contribution in [3.8, 4) is 0 Å². The van der Waals surface area contributed by atoms with E-state index in [0.29, 0.717) is 30.4 Å². The van der Waals surface area contributed by atoms with E-state index in [-0.39, 0.29) is 11.8 Å². The van der Waals surface area contributed by atoms with E-state index in [1.807, 2.05) is 19.9 Å². The Morgan fingerprint density at radius 2 is 1.87 bits per heavy atom. The molecule has 0 aromatic heterocycles. The van der Waals surface area contributed by atoms with Crippen molar-refractivity contribution in [3.05, 3.63) is 30.3 Å². The van der Waals surface area contributed by atoms with Crippen molar-refractivity contribution < 1.29 is 13.2 Å². The maximum Gasteiger partial charge on any atom is 0.243 e. The van der Waals surface area contributed by atoms with Crippen LogP contribution in [0.15, 0.2) is 35.2 Å². The number of rotatable bonds is 6. The molecule has 1 aliphatic heterocycles. The number of piperidine rings is 1. The first kappa shape index (κ1) is 17.9. The van der Waals surface area contributed by atoms with E-state index in [2.05, 4.69) is 5.32 Å². The number of nitrogens with zero attached hydrogens (tertiary/aromatic N) is 1. The van der Waals surface area contributed by atoms with Crippen LogP contribution in [0, 0.1) is 11.8 Å². The van der Waals surface area contributed by atoms with Crippen molar-refractivity contribution in [1.29, 1.82) is 0 Å². The minimum atomic E-state index is -3.39. The first-order valence-corrected chi connectivity index (χ1v) is 9.72. The predicted octanol–water partition coefficient (Wildman–Crippen LogP) is 2.25. The third kappa shape index (κ3) is 4.54. The van der Waals surface area contributed by atoms with Gasteiger partial charge in [0.1, 0.15) is 0 Å². The molecule has 0 aliphatic carbocycles. The lowest BCUT2D eigenvalue weighted by Gasteiger charge is -2.31. The van der Waals surface area contributed by atoms with Crippen LogP contribution in [0.3, 0.4) is 0 Å². The van der Waals surface area contributed by atoms with Crippen LogP contribution in [-0.4, -0.2) is 38.3 Å². The topological polar surface area (TPSA) is 66.5 Å². The molecule has 0 radical (unpaired) electrons. The zero-order valence-corrected chi connectivity index (χ0v) is 14.7. The molecule has 1 N–H and O–H groups in total. The number of carbonyl (C=O) groups excluding carboxylic acids is 1. The van der Waals surface area contributed by atoms with Crippen molar-refractivity contribution in [2.75, 3.05) is 19.6 Å². The Morgan fingerprint density at radius 1 is 1.26 bits per heavy atom. The molecular weight excluding hydrogens is 312 g/mol. The quantitative estimate of drug-likeness (QED) is 0.865. The lowest BCUT2D eigenvalue weighted by molar-refractivity contribution is -0.124. The third-order valence-electron chi connectivity index (χ3n) is 4.58. The van der Waals surface area contributed by atoms with Gasteiger partial charge in [-0.25, -0.2) is 8.42 Å². The molecule has 23 heavy (non-hydrogen) atoms. The molecule has 1 aromatic carbocycles. The van der Waals surface area contributed by atoms with E-state index in [1.165, 1.54) is 0 Å². The fraction of sp³-hybridized carbons (Fsp3) is 0.588. The van der Waals surface area contributed by atoms with Crippen LogP contribution in [-0.2, 0) is 14.8 Å². The van der Waals surface area contributed by atoms with Crippen molar-refractivity contribution in [3.63, 3.8) is 0 Å². The van der Waals surface area contributed by atoms with Crippen molar-refractivity contribution in [1.82, 2.24) is 9.62 Å². The van der Waals surface area contributed by atoms with E-state index in [0.717, 1.165) is 19.3 Å². The number of hydrogen-bond acceptors (Lipinski definition) is 3. The number of nitrogens with one attached hydrogen (secondary N) is 1. The van der Waals surface area contributed by atoms with Gasteiger partial charge in [0.15, 0.2) is 0 Å². The summed E-state index contributed by atoms with van der Waals surface area (Å²) in [6.45, 7) is 5.59. The summed E-state index contributed by atoms with van der Waals surface area (Å²) in [6, 6.07) is 8.56. The van der Waals surface area contributed by atoms with Crippen LogP contribution in [0.5, 0.6) is 0 Å². The number of amides is 1. The lowest BCUT2D eigenvalue weighted by atomic mass is 9.98. The maximum absolute atomic E-state index is 12.5. The van der Waals surface area contributed by atoms with Gasteiger partial charge in [-0.1, -0.05) is 32.0 Å². The van der Waals surface area contributed by atoms with E-state index in [1.54, 1.807) is 28.6 Å². The van der Waals surface area contributed by atoms with Gasteiger partial charge >= 0.3 is 0 Å². The molecule has 0 saturated carbocycles. The average molecular weight is 338 g/mol. The first-order valence-electron chi connectivity index (χ1n) is 8.28. The second kappa shape index (κ2) is 7.93. The normalized spacial score (nSPS) is 18.5. The highest BCUT2D eigenvalue weighted by Crippen LogP contribution is 2.23. The zero-order valence-electron chi connectivity index (χ0n) is 13.9. The third-order valence-corrected chi connectivity index (χ3v) is 6.49. The van der Waals surface area contributed by atoms with Gasteiger partial charge < -0.3 is 5.32 Å². The van der Waals surface area contributed by atoms with E-state index >= 15 is 0 Å². The number of sulfonamides is 1. The molecule has 1 heterocycles. The molecule has 2 rings (SSSR count). The summed E-state index contributed by atoms with van der Waals surface area (Å²) in [5.41, 5.74) is 0. The van der Waals surface area contributed by atoms with Gasteiger partial charge in [0.05, 0.1) is 4.90 Å². The van der Waals surface area contributed by atoms with Gasteiger partial charge in [0.2, 0.25) is 15.9 Å². The Bertz CT molecular complexity index is 608. The van der Waals surface area contributed by atoms with Crippen LogP contribution in [0.2, 0.25) is 0 Å². The summed E-state index contributed by atoms with van der Waals surface area (Å²) in [5, 5.41) is 2.98. The molecule has 5 nitrogen and oxygen atoms in total. The Kier molecular flexibility index (Phi) is 6.18. The first-order chi connectivity index (χ1) is 10.9. The standard InChI is InChI=1S/C17H26N2O3S/c1-3-14(2)17(20)18-13-15-9-11-19(12-10-15)23(21,22)16-7-5-4-6-8-16/h4-8,14-15H,3,9-13H2,1-2H3,(H,18,20)/t14-/m1/s1. The summed E-state index contributed by atoms with van der Waals surface area (Å²) in [7, 11) is -3.39. The molecule has 128 valence electrons. The van der Waals surface area contributed by atoms with Gasteiger partial charge in [0, 0.05) is 25.6 Å². The van der Waals surface area contributed by atoms with E-state index in [9.17, 15) is 13.2 Å². The Balaban J connectivity index is 1.86. The molecule has 1 aromatic rings. The van der Waals surface area contributed by atoms with Gasteiger partial charge in [-0.15, -0.1) is 0 Å². The molecule has 1 amide bonds. The molecule has 6 heteroatoms. The van der Waals surface area contributed by atoms with Crippen LogP contribution < -0.4 is 5.32 Å². The highest BCUT2D eigenvalue weighted by atomic mass is 32.2. The summed E-state index contributed by atoms with van der Waals surface area (Å²) in [5.74, 6) is 0.477. The zero-order chi connectivity index (χ0) is 16.9. The van der Waals surface area contributed by atoms with Crippen LogP contribution in [0.1, 0.15) is 33.1 Å². The monoisotopic (exact) mass is 338 g/mol. The Morgan fingerprint density at radius 3 is 2.43 bits per heavy atom. The smallest absolute Gasteiger partial charge is 0.243 e. The Labute approximate surface area is 139 Å². The maximum atomic E-state index is 12.5. The molecule has 1 fully saturated rings. The van der Waals surface area contributed by atoms with Gasteiger partial charge in [0.25, 0.3) is 0 Å². The summed E-state index contributed by atoms with van der Waals surface area (Å²) < 4.78 is 26.6. The highest BCUT2D eigenvalue weighted by Gasteiger charge is 2.29. The molecule has 1 atom stereocenters. The Hall–Kier alpha value is -1.40. The molecule has 0 bridgehead atoms. The van der Waals surface area contributed by atoms with E-state index in [4.69, 9.17) is 0 Å². The fourth-order valence-electron chi connectivity index (χ4n) is 2.70. The number of hydrogen-bond donors (Lipinski definition) is 1. The SMILES string of the molecule is CC[C@@H](C)C(=O)NCC1CCN(S(=O)(=O)c2ccccc2)CC1. The highest BCUT2D eigenvalue weighted by molar-refractivity contribution is 7.89. The van der Waals surface area contributed by atoms with Crippen molar-refractivity contribution >= 4 is 15.9 Å². The van der Waals surface area contributed by atoms with Gasteiger partial charge in [-0.3, -0.25) is 4.79 Å². The summed E-state index contributed by atoms with van der Waals surface area (Å²) in [6.07, 6.45) is 2.40. The average Bonchev–Trinajstić information content (AvgIpc) is 2.60. The summed E-state index contributed by atoms with van der Waals surface area (Å²) in [4.78, 5) is 12.2. The molecule has 0 unspecified atom stereocenters. The number of benzene rings is 1. The molecule has 0 spiro atoms. The second-order valence-corrected chi connectivity index (χ2v) is 8.15. The summed E-state index contributed by atoms with van der Waals surface area (Å²) >= 11 is 0. The second-order valence-electron chi connectivity index (χ2n) is 6.21. The molecular formula is C17H26N2O3S. The molecule has 1 saturated heterocycles. The lowest BCUT2D eigenvalue weighted by Crippen LogP contribution is -2.42. The molecule has 1 aliphatic rings. The number of carbonyl (C=O) groups is 1. The van der Waals surface area contributed by atoms with E-state index < -0.39 is 10.0 Å². The largest absolute Gasteiger partial charge is 0.356 e. The van der Waals surface area contributed by atoms with Crippen molar-refractivity contribution in [2.24, 2.45) is 11.8 Å². The van der Waals surface area contributed by atoms with Gasteiger partial charge in [-0.2, -0.15) is 4.31 Å². The van der Waals surface area contributed by atoms with Crippen LogP contribution >= 0.6 is 0 Å². The predicted molar refractivity (Wildman–Crippen MR) is 90.4 cm³/mol. The van der Waals surface area contributed by atoms with Crippen LogP contribution in [0.4, 0.5) is 0 Å².